The lowest BCUT2D eigenvalue weighted by Gasteiger charge is -2.33. The Bertz CT molecular complexity index is 518. The third-order valence-corrected chi connectivity index (χ3v) is 5.01. The fourth-order valence-electron chi connectivity index (χ4n) is 3.87. The van der Waals surface area contributed by atoms with Gasteiger partial charge in [0.05, 0.1) is 0 Å². The molecule has 1 heterocycles. The molecule has 1 saturated heterocycles. The van der Waals surface area contributed by atoms with Crippen LogP contribution in [0.5, 0.6) is 0 Å². The molecule has 0 aromatic rings. The Morgan fingerprint density at radius 2 is 2.16 bits per heavy atom. The zero-order valence-electron chi connectivity index (χ0n) is 11.2. The minimum absolute atomic E-state index is 0.0913. The number of fused-ring (bicyclic) bond motifs is 2. The van der Waals surface area contributed by atoms with Crippen molar-refractivity contribution >= 4 is 11.8 Å². The molecular weight excluding hydrogens is 244 g/mol. The van der Waals surface area contributed by atoms with Crippen molar-refractivity contribution in [1.29, 1.82) is 0 Å². The highest BCUT2D eigenvalue weighted by atomic mass is 16.6. The van der Waals surface area contributed by atoms with Crippen molar-refractivity contribution < 1.29 is 19.4 Å². The number of carbonyl (C=O) groups excluding carboxylic acids is 2. The summed E-state index contributed by atoms with van der Waals surface area (Å²) < 4.78 is 5.37. The lowest BCUT2D eigenvalue weighted by Crippen LogP contribution is -2.36. The van der Waals surface area contributed by atoms with Crippen LogP contribution in [0.15, 0.2) is 23.8 Å². The molecule has 0 unspecified atom stereocenters. The number of aliphatic hydroxyl groups is 1. The highest BCUT2D eigenvalue weighted by Gasteiger charge is 2.54. The highest BCUT2D eigenvalue weighted by molar-refractivity contribution is 5.98. The maximum atomic E-state index is 11.8. The summed E-state index contributed by atoms with van der Waals surface area (Å²) in [6, 6.07) is 0. The SMILES string of the molecule is C=C1C(=O)O[C@@H]2C[C@H](C)C3=CC(=O)[C@H](O)[C@@]3(C)C[C@H]12. The number of hydrogen-bond acceptors (Lipinski definition) is 4. The molecule has 1 aliphatic heterocycles. The Morgan fingerprint density at radius 1 is 1.47 bits per heavy atom. The Labute approximate surface area is 112 Å². The van der Waals surface area contributed by atoms with E-state index < -0.39 is 11.5 Å². The Hall–Kier alpha value is -1.42. The van der Waals surface area contributed by atoms with E-state index in [0.29, 0.717) is 18.4 Å². The number of carbonyl (C=O) groups is 2. The minimum Gasteiger partial charge on any atom is -0.458 e. The molecule has 4 heteroatoms. The maximum Gasteiger partial charge on any atom is 0.334 e. The molecule has 19 heavy (non-hydrogen) atoms. The first-order valence-corrected chi connectivity index (χ1v) is 6.68. The van der Waals surface area contributed by atoms with Gasteiger partial charge < -0.3 is 9.84 Å². The first-order valence-electron chi connectivity index (χ1n) is 6.68. The number of ketones is 1. The van der Waals surface area contributed by atoms with Crippen LogP contribution in [-0.4, -0.2) is 29.1 Å². The van der Waals surface area contributed by atoms with Crippen LogP contribution in [0.2, 0.25) is 0 Å². The van der Waals surface area contributed by atoms with Crippen molar-refractivity contribution in [3.05, 3.63) is 23.8 Å². The molecule has 0 aromatic heterocycles. The molecule has 3 rings (SSSR count). The average molecular weight is 262 g/mol. The van der Waals surface area contributed by atoms with E-state index >= 15 is 0 Å². The summed E-state index contributed by atoms with van der Waals surface area (Å²) in [5.41, 5.74) is 0.877. The number of aliphatic hydroxyl groups excluding tert-OH is 1. The first kappa shape index (κ1) is 12.6. The molecule has 0 radical (unpaired) electrons. The molecule has 5 atom stereocenters. The van der Waals surface area contributed by atoms with Crippen molar-refractivity contribution in [1.82, 2.24) is 0 Å². The van der Waals surface area contributed by atoms with Crippen LogP contribution in [0.25, 0.3) is 0 Å². The molecule has 0 aromatic carbocycles. The maximum absolute atomic E-state index is 11.8. The Kier molecular flexibility index (Phi) is 2.52. The molecule has 3 aliphatic rings. The zero-order valence-corrected chi connectivity index (χ0v) is 11.2. The Morgan fingerprint density at radius 3 is 2.84 bits per heavy atom. The molecule has 2 fully saturated rings. The van der Waals surface area contributed by atoms with Crippen molar-refractivity contribution in [2.24, 2.45) is 17.3 Å². The fourth-order valence-corrected chi connectivity index (χ4v) is 3.87. The van der Waals surface area contributed by atoms with Crippen molar-refractivity contribution in [3.8, 4) is 0 Å². The molecule has 1 N–H and O–H groups in total. The standard InChI is InChI=1S/C15H18O4/c1-7-4-12-9(8(2)14(18)19-12)6-15(3)10(7)5-11(16)13(15)17/h5,7,9,12-13,17H,2,4,6H2,1,3H3/t7-,9+,12+,13-,15-/m0/s1. The van der Waals surface area contributed by atoms with Gasteiger partial charge in [0.15, 0.2) is 5.78 Å². The average Bonchev–Trinajstić information content (AvgIpc) is 2.68. The van der Waals surface area contributed by atoms with E-state index in [0.717, 1.165) is 5.57 Å². The molecule has 0 bridgehead atoms. The van der Waals surface area contributed by atoms with Crippen molar-refractivity contribution in [2.45, 2.75) is 38.9 Å². The number of hydrogen-bond donors (Lipinski definition) is 1. The van der Waals surface area contributed by atoms with Crippen molar-refractivity contribution in [2.75, 3.05) is 0 Å². The summed E-state index contributed by atoms with van der Waals surface area (Å²) in [6.45, 7) is 7.74. The van der Waals surface area contributed by atoms with Gasteiger partial charge in [-0.3, -0.25) is 4.79 Å². The monoisotopic (exact) mass is 262 g/mol. The zero-order chi connectivity index (χ0) is 13.9. The summed E-state index contributed by atoms with van der Waals surface area (Å²) in [4.78, 5) is 23.4. The van der Waals surface area contributed by atoms with Crippen LogP contribution >= 0.6 is 0 Å². The molecule has 102 valence electrons. The Balaban J connectivity index is 2.04. The number of esters is 1. The van der Waals surface area contributed by atoms with E-state index in [1.54, 1.807) is 6.08 Å². The van der Waals surface area contributed by atoms with Gasteiger partial charge in [0.1, 0.15) is 12.2 Å². The summed E-state index contributed by atoms with van der Waals surface area (Å²) >= 11 is 0. The molecule has 0 spiro atoms. The number of ether oxygens (including phenoxy) is 1. The normalized spacial score (nSPS) is 45.4. The van der Waals surface area contributed by atoms with Gasteiger partial charge in [0.2, 0.25) is 0 Å². The van der Waals surface area contributed by atoms with E-state index in [4.69, 9.17) is 4.74 Å². The summed E-state index contributed by atoms with van der Waals surface area (Å²) in [5, 5.41) is 10.2. The second-order valence-corrected chi connectivity index (χ2v) is 6.24. The van der Waals surface area contributed by atoms with Crippen LogP contribution < -0.4 is 0 Å². The summed E-state index contributed by atoms with van der Waals surface area (Å²) in [6.07, 6.45) is 1.65. The third-order valence-electron chi connectivity index (χ3n) is 5.01. The quantitative estimate of drug-likeness (QED) is 0.529. The van der Waals surface area contributed by atoms with Gasteiger partial charge in [0.25, 0.3) is 0 Å². The van der Waals surface area contributed by atoms with Gasteiger partial charge in [-0.2, -0.15) is 0 Å². The second kappa shape index (κ2) is 3.79. The largest absolute Gasteiger partial charge is 0.458 e. The number of rotatable bonds is 0. The van der Waals surface area contributed by atoms with E-state index in [2.05, 4.69) is 6.58 Å². The third kappa shape index (κ3) is 1.56. The van der Waals surface area contributed by atoms with Gasteiger partial charge in [0, 0.05) is 16.9 Å². The van der Waals surface area contributed by atoms with Crippen LogP contribution in [0.3, 0.4) is 0 Å². The van der Waals surface area contributed by atoms with E-state index in [9.17, 15) is 14.7 Å². The minimum atomic E-state index is -1.01. The van der Waals surface area contributed by atoms with E-state index in [1.807, 2.05) is 13.8 Å². The van der Waals surface area contributed by atoms with Crippen LogP contribution in [0, 0.1) is 17.3 Å². The van der Waals surface area contributed by atoms with Gasteiger partial charge >= 0.3 is 5.97 Å². The molecule has 2 aliphatic carbocycles. The highest BCUT2D eigenvalue weighted by Crippen LogP contribution is 2.53. The lowest BCUT2D eigenvalue weighted by molar-refractivity contribution is -0.139. The van der Waals surface area contributed by atoms with E-state index in [1.165, 1.54) is 0 Å². The fraction of sp³-hybridized carbons (Fsp3) is 0.600. The predicted molar refractivity (Wildman–Crippen MR) is 68.1 cm³/mol. The predicted octanol–water partition coefficient (Wildman–Crippen LogP) is 1.39. The second-order valence-electron chi connectivity index (χ2n) is 6.24. The van der Waals surface area contributed by atoms with Gasteiger partial charge in [-0.1, -0.05) is 26.0 Å². The van der Waals surface area contributed by atoms with E-state index in [-0.39, 0.29) is 29.7 Å². The smallest absolute Gasteiger partial charge is 0.334 e. The van der Waals surface area contributed by atoms with Gasteiger partial charge in [-0.15, -0.1) is 0 Å². The first-order chi connectivity index (χ1) is 8.84. The molecular formula is C15H18O4. The van der Waals surface area contributed by atoms with Crippen LogP contribution in [0.1, 0.15) is 26.7 Å². The summed E-state index contributed by atoms with van der Waals surface area (Å²) in [5.74, 6) is -0.526. The van der Waals surface area contributed by atoms with Crippen LogP contribution in [-0.2, 0) is 14.3 Å². The molecule has 4 nitrogen and oxygen atoms in total. The summed E-state index contributed by atoms with van der Waals surface area (Å²) in [7, 11) is 0. The van der Waals surface area contributed by atoms with Crippen molar-refractivity contribution in [3.63, 3.8) is 0 Å². The van der Waals surface area contributed by atoms with Gasteiger partial charge in [-0.25, -0.2) is 4.79 Å². The molecule has 1 saturated carbocycles. The van der Waals surface area contributed by atoms with Crippen LogP contribution in [0.4, 0.5) is 0 Å². The molecule has 0 amide bonds. The van der Waals surface area contributed by atoms with Gasteiger partial charge in [-0.05, 0) is 24.8 Å². The lowest BCUT2D eigenvalue weighted by atomic mass is 9.72. The topological polar surface area (TPSA) is 63.6 Å².